The monoisotopic (exact) mass is 169 g/mol. The minimum atomic E-state index is 0.685. The standard InChI is InChI=1S/C7H11N3S/c8-7-10-5-3-1-2-4-9-6(5)11-7/h9H,1-4H2,(H2,8,10). The molecule has 0 saturated carbocycles. The molecule has 0 atom stereocenters. The van der Waals surface area contributed by atoms with Crippen LogP contribution in [0.2, 0.25) is 0 Å². The van der Waals surface area contributed by atoms with Crippen molar-refractivity contribution in [2.75, 3.05) is 17.6 Å². The molecule has 0 unspecified atom stereocenters. The van der Waals surface area contributed by atoms with Gasteiger partial charge in [0.15, 0.2) is 5.13 Å². The van der Waals surface area contributed by atoms with Crippen LogP contribution >= 0.6 is 11.3 Å². The van der Waals surface area contributed by atoms with E-state index in [1.807, 2.05) is 0 Å². The van der Waals surface area contributed by atoms with E-state index in [0.29, 0.717) is 5.13 Å². The van der Waals surface area contributed by atoms with Crippen LogP contribution in [-0.2, 0) is 6.42 Å². The topological polar surface area (TPSA) is 50.9 Å². The maximum absolute atomic E-state index is 5.58. The molecule has 2 rings (SSSR count). The summed E-state index contributed by atoms with van der Waals surface area (Å²) in [6.45, 7) is 1.06. The summed E-state index contributed by atoms with van der Waals surface area (Å²) in [5.41, 5.74) is 6.73. The van der Waals surface area contributed by atoms with Crippen molar-refractivity contribution in [2.45, 2.75) is 19.3 Å². The van der Waals surface area contributed by atoms with Gasteiger partial charge in [0.2, 0.25) is 0 Å². The zero-order chi connectivity index (χ0) is 7.68. The summed E-state index contributed by atoms with van der Waals surface area (Å²) in [4.78, 5) is 4.24. The quantitative estimate of drug-likeness (QED) is 0.618. The second kappa shape index (κ2) is 2.70. The molecule has 0 saturated heterocycles. The zero-order valence-corrected chi connectivity index (χ0v) is 7.08. The molecule has 0 bridgehead atoms. The SMILES string of the molecule is Nc1nc2c(s1)NCCCC2. The van der Waals surface area contributed by atoms with Crippen molar-refractivity contribution in [2.24, 2.45) is 0 Å². The Kier molecular flexibility index (Phi) is 1.69. The molecular formula is C7H11N3S. The van der Waals surface area contributed by atoms with Gasteiger partial charge in [-0.05, 0) is 19.3 Å². The first-order valence-corrected chi connectivity index (χ1v) is 4.67. The van der Waals surface area contributed by atoms with Crippen molar-refractivity contribution in [1.29, 1.82) is 0 Å². The van der Waals surface area contributed by atoms with Crippen LogP contribution in [0.25, 0.3) is 0 Å². The average molecular weight is 169 g/mol. The summed E-state index contributed by atoms with van der Waals surface area (Å²) >= 11 is 1.56. The predicted octanol–water partition coefficient (Wildman–Crippen LogP) is 1.47. The highest BCUT2D eigenvalue weighted by molar-refractivity contribution is 7.19. The normalized spacial score (nSPS) is 16.7. The van der Waals surface area contributed by atoms with Crippen molar-refractivity contribution in [3.8, 4) is 0 Å². The van der Waals surface area contributed by atoms with Gasteiger partial charge >= 0.3 is 0 Å². The van der Waals surface area contributed by atoms with Gasteiger partial charge in [0, 0.05) is 6.54 Å². The first-order valence-electron chi connectivity index (χ1n) is 3.85. The number of nitrogen functional groups attached to an aromatic ring is 1. The minimum absolute atomic E-state index is 0.685. The fraction of sp³-hybridized carbons (Fsp3) is 0.571. The van der Waals surface area contributed by atoms with E-state index in [1.165, 1.54) is 17.8 Å². The average Bonchev–Trinajstić information content (AvgIpc) is 2.17. The maximum atomic E-state index is 5.58. The Morgan fingerprint density at radius 2 is 2.36 bits per heavy atom. The molecule has 3 nitrogen and oxygen atoms in total. The van der Waals surface area contributed by atoms with Gasteiger partial charge in [-0.1, -0.05) is 11.3 Å². The Bertz CT molecular complexity index is 233. The summed E-state index contributed by atoms with van der Waals surface area (Å²) in [5.74, 6) is 0. The van der Waals surface area contributed by atoms with Crippen molar-refractivity contribution in [3.63, 3.8) is 0 Å². The molecule has 2 heterocycles. The number of rotatable bonds is 0. The van der Waals surface area contributed by atoms with E-state index in [9.17, 15) is 0 Å². The molecule has 0 spiro atoms. The smallest absolute Gasteiger partial charge is 0.182 e. The Hall–Kier alpha value is -0.770. The van der Waals surface area contributed by atoms with Gasteiger partial charge in [0.1, 0.15) is 5.00 Å². The van der Waals surface area contributed by atoms with Crippen LogP contribution in [0.3, 0.4) is 0 Å². The zero-order valence-electron chi connectivity index (χ0n) is 6.26. The number of nitrogens with two attached hydrogens (primary N) is 1. The molecule has 0 amide bonds. The van der Waals surface area contributed by atoms with Crippen molar-refractivity contribution in [1.82, 2.24) is 4.98 Å². The largest absolute Gasteiger partial charge is 0.375 e. The molecule has 1 aromatic rings. The molecule has 60 valence electrons. The van der Waals surface area contributed by atoms with Crippen LogP contribution in [0.1, 0.15) is 18.5 Å². The predicted molar refractivity (Wildman–Crippen MR) is 48.0 cm³/mol. The molecule has 0 aromatic carbocycles. The van der Waals surface area contributed by atoms with Gasteiger partial charge in [0.25, 0.3) is 0 Å². The minimum Gasteiger partial charge on any atom is -0.375 e. The molecule has 1 aromatic heterocycles. The Morgan fingerprint density at radius 3 is 3.27 bits per heavy atom. The summed E-state index contributed by atoms with van der Waals surface area (Å²) < 4.78 is 0. The first kappa shape index (κ1) is 6.91. The Balaban J connectivity index is 2.32. The number of fused-ring (bicyclic) bond motifs is 1. The molecule has 3 N–H and O–H groups in total. The van der Waals surface area contributed by atoms with E-state index in [0.717, 1.165) is 18.7 Å². The van der Waals surface area contributed by atoms with Gasteiger partial charge < -0.3 is 11.1 Å². The number of nitrogens with one attached hydrogen (secondary N) is 1. The highest BCUT2D eigenvalue weighted by atomic mass is 32.1. The van der Waals surface area contributed by atoms with Gasteiger partial charge in [-0.25, -0.2) is 4.98 Å². The fourth-order valence-corrected chi connectivity index (χ4v) is 2.10. The molecule has 4 heteroatoms. The summed E-state index contributed by atoms with van der Waals surface area (Å²) in [7, 11) is 0. The number of anilines is 2. The van der Waals surface area contributed by atoms with E-state index in [4.69, 9.17) is 5.73 Å². The van der Waals surface area contributed by atoms with Crippen molar-refractivity contribution >= 4 is 21.5 Å². The third kappa shape index (κ3) is 1.30. The second-order valence-corrected chi connectivity index (χ2v) is 3.74. The van der Waals surface area contributed by atoms with Crippen LogP contribution in [0, 0.1) is 0 Å². The van der Waals surface area contributed by atoms with Crippen LogP contribution in [0.5, 0.6) is 0 Å². The molecule has 1 aliphatic rings. The van der Waals surface area contributed by atoms with E-state index in [-0.39, 0.29) is 0 Å². The number of hydrogen-bond donors (Lipinski definition) is 2. The Morgan fingerprint density at radius 1 is 1.45 bits per heavy atom. The molecule has 0 fully saturated rings. The lowest BCUT2D eigenvalue weighted by atomic mass is 10.2. The number of hydrogen-bond acceptors (Lipinski definition) is 4. The lowest BCUT2D eigenvalue weighted by molar-refractivity contribution is 0.775. The van der Waals surface area contributed by atoms with Crippen LogP contribution in [0.15, 0.2) is 0 Å². The maximum Gasteiger partial charge on any atom is 0.182 e. The van der Waals surface area contributed by atoms with Crippen LogP contribution < -0.4 is 11.1 Å². The van der Waals surface area contributed by atoms with E-state index in [2.05, 4.69) is 10.3 Å². The summed E-state index contributed by atoms with van der Waals surface area (Å²) in [6.07, 6.45) is 3.54. The molecular weight excluding hydrogens is 158 g/mol. The third-order valence-corrected chi connectivity index (χ3v) is 2.72. The van der Waals surface area contributed by atoms with Crippen molar-refractivity contribution in [3.05, 3.63) is 5.69 Å². The molecule has 0 aliphatic carbocycles. The fourth-order valence-electron chi connectivity index (χ4n) is 1.30. The number of thiazole rings is 1. The molecule has 11 heavy (non-hydrogen) atoms. The van der Waals surface area contributed by atoms with E-state index < -0.39 is 0 Å². The summed E-state index contributed by atoms with van der Waals surface area (Å²) in [5, 5.41) is 5.19. The highest BCUT2D eigenvalue weighted by Gasteiger charge is 2.11. The van der Waals surface area contributed by atoms with Gasteiger partial charge in [-0.2, -0.15) is 0 Å². The highest BCUT2D eigenvalue weighted by Crippen LogP contribution is 2.29. The lowest BCUT2D eigenvalue weighted by Crippen LogP contribution is -1.96. The van der Waals surface area contributed by atoms with E-state index in [1.54, 1.807) is 11.3 Å². The molecule has 0 radical (unpaired) electrons. The van der Waals surface area contributed by atoms with Crippen molar-refractivity contribution < 1.29 is 0 Å². The number of aryl methyl sites for hydroxylation is 1. The lowest BCUT2D eigenvalue weighted by Gasteiger charge is -1.96. The van der Waals surface area contributed by atoms with Crippen LogP contribution in [0.4, 0.5) is 10.1 Å². The van der Waals surface area contributed by atoms with E-state index >= 15 is 0 Å². The van der Waals surface area contributed by atoms with Gasteiger partial charge in [-0.15, -0.1) is 0 Å². The molecule has 1 aliphatic heterocycles. The summed E-state index contributed by atoms with van der Waals surface area (Å²) in [6, 6.07) is 0. The van der Waals surface area contributed by atoms with Gasteiger partial charge in [0.05, 0.1) is 5.69 Å². The first-order chi connectivity index (χ1) is 5.36. The van der Waals surface area contributed by atoms with Gasteiger partial charge in [-0.3, -0.25) is 0 Å². The Labute approximate surface area is 69.6 Å². The second-order valence-electron chi connectivity index (χ2n) is 2.71. The number of nitrogens with zero attached hydrogens (tertiary/aromatic N) is 1. The third-order valence-electron chi connectivity index (χ3n) is 1.84. The van der Waals surface area contributed by atoms with Crippen LogP contribution in [-0.4, -0.2) is 11.5 Å². The number of aromatic nitrogens is 1.